The molecule has 532 valence electrons. The number of ether oxygens (including phenoxy) is 4. The Hall–Kier alpha value is -6.89. The Bertz CT molecular complexity index is 2620. The fraction of sp³-hybridized carbons (Fsp3) is 0.647. The molecule has 0 bridgehead atoms. The quantitative estimate of drug-likeness (QED) is 0.0160. The number of amides is 4. The molecular formula is C51H88Cl2FN9O27S2. The number of benzene rings is 2. The number of carbonyl (C=O) groups is 6. The highest BCUT2D eigenvalue weighted by Gasteiger charge is 2.32. The van der Waals surface area contributed by atoms with E-state index in [1.165, 1.54) is 32.9 Å². The summed E-state index contributed by atoms with van der Waals surface area (Å²) in [7, 11) is -1.74. The third kappa shape index (κ3) is 70.6. The van der Waals surface area contributed by atoms with Gasteiger partial charge in [0.1, 0.15) is 5.69 Å². The molecule has 8 N–H and O–H groups in total. The molecule has 0 atom stereocenters. The summed E-state index contributed by atoms with van der Waals surface area (Å²) in [5, 5.41) is 83.8. The van der Waals surface area contributed by atoms with Gasteiger partial charge in [0.15, 0.2) is 0 Å². The van der Waals surface area contributed by atoms with E-state index < -0.39 is 73.7 Å². The van der Waals surface area contributed by atoms with E-state index in [4.69, 9.17) is 39.4 Å². The van der Waals surface area contributed by atoms with Crippen LogP contribution in [0.4, 0.5) is 32.8 Å². The molecule has 2 aromatic rings. The second-order valence-corrected chi connectivity index (χ2v) is 22.8. The highest BCUT2D eigenvalue weighted by molar-refractivity contribution is 8.13. The average Bonchev–Trinajstić information content (AvgIpc) is 1.08. The molecule has 92 heavy (non-hydrogen) atoms. The topological polar surface area (TPSA) is 522 Å². The summed E-state index contributed by atoms with van der Waals surface area (Å²) in [6, 6.07) is 5.62. The Kier molecular flexibility index (Phi) is 64.4. The van der Waals surface area contributed by atoms with Gasteiger partial charge in [0.05, 0.1) is 97.2 Å². The number of nitrogens with zero attached hydrogens (tertiary/aromatic N) is 5. The van der Waals surface area contributed by atoms with Gasteiger partial charge in [-0.15, -0.1) is 5.06 Å². The van der Waals surface area contributed by atoms with E-state index in [2.05, 4.69) is 47.8 Å². The minimum atomic E-state index is -3.19. The lowest BCUT2D eigenvalue weighted by molar-refractivity contribution is -0.395. The Morgan fingerprint density at radius 1 is 0.565 bits per heavy atom. The summed E-state index contributed by atoms with van der Waals surface area (Å²) in [5.74, 6) is -2.64. The standard InChI is InChI=1S/C12H17N3O6.2C8H17NO3.C7H17NO4S.C6H3FN2O4.C6H7NO4.C2H3ClO.CH3ClO2S.CH4/c16-6-8-21-7-2-1-5-13-11-4-3-10(14(17)18)9-12(11)15(19)20;2*1-8(11)9-4-2-3-6-12-7-5-10;1-13(10,11)8-4-2-3-6-12-7-5-9;7-5-2-1-4(8(10)11)3-6(5)9(12)13;1-4(8)11-7-5(9)2-3-6(7)10;1-2(3)4;1-5(2,3)4;/h3-4,9,13,16H,1-2,5-8H2;2*10H,2-7H2,1H3,(H,9,11);8-9H,2-7H2,1H3;1-3H;2-3H2,1H3;1H3;1H3;1H4. The van der Waals surface area contributed by atoms with Crippen molar-refractivity contribution in [3.63, 3.8) is 0 Å². The van der Waals surface area contributed by atoms with Crippen molar-refractivity contribution < 1.29 is 114 Å². The third-order valence-electron chi connectivity index (χ3n) is 9.18. The van der Waals surface area contributed by atoms with Crippen LogP contribution in [-0.2, 0) is 71.6 Å². The SMILES string of the molecule is C.CC(=O)Cl.CC(=O)NCCCCOCCO.CC(=O)NCCCCOCCO.CC(=O)ON1C(=O)CCC1=O.CS(=O)(=O)Cl.CS(=O)(=O)NCCCCOCCO.O=[N+]([O-])c1ccc(F)c([N+](=O)[O-])c1.O=[N+]([O-])c1ccc(NCCCCOCCO)c([N+](=O)[O-])c1. The van der Waals surface area contributed by atoms with Crippen molar-refractivity contribution in [3.05, 3.63) is 82.7 Å². The first-order valence-corrected chi connectivity index (χ1v) is 32.0. The van der Waals surface area contributed by atoms with Crippen molar-refractivity contribution in [2.24, 2.45) is 0 Å². The first-order valence-electron chi connectivity index (χ1n) is 27.1. The van der Waals surface area contributed by atoms with Crippen LogP contribution in [0.25, 0.3) is 0 Å². The highest BCUT2D eigenvalue weighted by Crippen LogP contribution is 2.29. The van der Waals surface area contributed by atoms with Crippen LogP contribution in [0.15, 0.2) is 36.4 Å². The van der Waals surface area contributed by atoms with Crippen molar-refractivity contribution in [2.45, 2.75) is 99.3 Å². The molecule has 1 aliphatic heterocycles. The van der Waals surface area contributed by atoms with Crippen LogP contribution in [0.5, 0.6) is 0 Å². The van der Waals surface area contributed by atoms with Crippen LogP contribution in [0.3, 0.4) is 0 Å². The molecule has 0 aromatic heterocycles. The average molecular weight is 1410 g/mol. The predicted octanol–water partition coefficient (Wildman–Crippen LogP) is 3.70. The summed E-state index contributed by atoms with van der Waals surface area (Å²) in [4.78, 5) is 105. The van der Waals surface area contributed by atoms with Crippen LogP contribution in [0.2, 0.25) is 0 Å². The van der Waals surface area contributed by atoms with E-state index >= 15 is 0 Å². The number of aliphatic hydroxyl groups is 4. The number of sulfonamides is 1. The molecule has 0 spiro atoms. The fourth-order valence-electron chi connectivity index (χ4n) is 5.47. The number of aliphatic hydroxyl groups excluding tert-OH is 4. The summed E-state index contributed by atoms with van der Waals surface area (Å²) in [5.41, 5.74) is -1.78. The number of carbonyl (C=O) groups excluding carboxylic acids is 6. The van der Waals surface area contributed by atoms with E-state index in [1.54, 1.807) is 0 Å². The maximum absolute atomic E-state index is 12.6. The lowest BCUT2D eigenvalue weighted by Crippen LogP contribution is -2.30. The fourth-order valence-corrected chi connectivity index (χ4v) is 5.98. The van der Waals surface area contributed by atoms with Crippen LogP contribution in [-0.4, -0.2) is 215 Å². The number of hydrogen-bond donors (Lipinski definition) is 8. The molecule has 0 unspecified atom stereocenters. The molecule has 36 nitrogen and oxygen atoms in total. The molecule has 0 aliphatic carbocycles. The number of hydroxylamine groups is 2. The number of nitro groups is 4. The second-order valence-electron chi connectivity index (χ2n) is 17.4. The molecule has 3 rings (SSSR count). The number of anilines is 1. The highest BCUT2D eigenvalue weighted by atomic mass is 35.7. The van der Waals surface area contributed by atoms with Gasteiger partial charge in [-0.05, 0) is 75.1 Å². The summed E-state index contributed by atoms with van der Waals surface area (Å²) in [6.07, 6.45) is 9.01. The van der Waals surface area contributed by atoms with Crippen molar-refractivity contribution in [1.82, 2.24) is 20.4 Å². The van der Waals surface area contributed by atoms with Gasteiger partial charge < -0.3 is 60.2 Å². The monoisotopic (exact) mass is 1410 g/mol. The molecule has 1 aliphatic rings. The molecular weight excluding hydrogens is 1320 g/mol. The zero-order valence-corrected chi connectivity index (χ0v) is 54.4. The van der Waals surface area contributed by atoms with E-state index in [1.807, 2.05) is 0 Å². The van der Waals surface area contributed by atoms with Gasteiger partial charge in [0.2, 0.25) is 41.9 Å². The minimum absolute atomic E-state index is 0. The number of nitrogens with one attached hydrogen (secondary N) is 4. The van der Waals surface area contributed by atoms with Crippen LogP contribution in [0.1, 0.15) is 99.3 Å². The Morgan fingerprint density at radius 3 is 1.20 bits per heavy atom. The molecule has 1 heterocycles. The molecule has 2 aromatic carbocycles. The molecule has 1 saturated heterocycles. The van der Waals surface area contributed by atoms with Gasteiger partial charge in [-0.25, -0.2) is 26.4 Å². The largest absolute Gasteiger partial charge is 0.394 e. The van der Waals surface area contributed by atoms with Crippen molar-refractivity contribution >= 4 is 105 Å². The number of hydrogen-bond acceptors (Lipinski definition) is 28. The lowest BCUT2D eigenvalue weighted by atomic mass is 10.2. The zero-order valence-electron chi connectivity index (χ0n) is 51.2. The van der Waals surface area contributed by atoms with Gasteiger partial charge in [0, 0.05) is 116 Å². The van der Waals surface area contributed by atoms with Crippen LogP contribution in [0, 0.1) is 46.3 Å². The van der Waals surface area contributed by atoms with Gasteiger partial charge in [0.25, 0.3) is 28.9 Å². The van der Waals surface area contributed by atoms with Crippen LogP contribution >= 0.6 is 22.3 Å². The lowest BCUT2D eigenvalue weighted by Gasteiger charge is -2.09. The predicted molar refractivity (Wildman–Crippen MR) is 334 cm³/mol. The van der Waals surface area contributed by atoms with Crippen molar-refractivity contribution in [2.75, 3.05) is 123 Å². The molecule has 0 radical (unpaired) electrons. The van der Waals surface area contributed by atoms with Gasteiger partial charge >= 0.3 is 11.7 Å². The minimum Gasteiger partial charge on any atom is -0.394 e. The summed E-state index contributed by atoms with van der Waals surface area (Å²) >= 11 is 4.64. The maximum Gasteiger partial charge on any atom is 0.330 e. The Morgan fingerprint density at radius 2 is 0.891 bits per heavy atom. The molecule has 4 amide bonds. The smallest absolute Gasteiger partial charge is 0.330 e. The number of imide groups is 1. The number of nitro benzene ring substituents is 4. The number of unbranched alkanes of at least 4 members (excludes halogenated alkanes) is 4. The molecule has 0 saturated carbocycles. The molecule has 41 heteroatoms. The Balaban J connectivity index is -0.000000237. The normalized spacial score (nSPS) is 10.9. The van der Waals surface area contributed by atoms with Crippen molar-refractivity contribution in [3.8, 4) is 0 Å². The number of halogens is 3. The van der Waals surface area contributed by atoms with Crippen LogP contribution < -0.4 is 20.7 Å². The summed E-state index contributed by atoms with van der Waals surface area (Å²) < 4.78 is 75.1. The van der Waals surface area contributed by atoms with Crippen molar-refractivity contribution in [1.29, 1.82) is 0 Å². The van der Waals surface area contributed by atoms with Gasteiger partial charge in [-0.1, -0.05) is 7.43 Å². The number of rotatable bonds is 35. The van der Waals surface area contributed by atoms with E-state index in [0.717, 1.165) is 82.9 Å². The Labute approximate surface area is 542 Å². The van der Waals surface area contributed by atoms with E-state index in [-0.39, 0.29) is 80.8 Å². The van der Waals surface area contributed by atoms with Gasteiger partial charge in [-0.2, -0.15) is 4.39 Å². The second kappa shape index (κ2) is 61.6. The number of non-ortho nitro benzene ring substituents is 2. The first kappa shape index (κ1) is 96.2. The van der Waals surface area contributed by atoms with E-state index in [0.29, 0.717) is 96.2 Å². The molecule has 1 fully saturated rings. The third-order valence-corrected chi connectivity index (χ3v) is 9.91. The summed E-state index contributed by atoms with van der Waals surface area (Å²) in [6.45, 7) is 11.8. The first-order chi connectivity index (χ1) is 42.5. The van der Waals surface area contributed by atoms with Gasteiger partial charge in [-0.3, -0.25) is 64.4 Å². The van der Waals surface area contributed by atoms with E-state index in [9.17, 15) is 90.5 Å². The maximum atomic E-state index is 12.6. The zero-order chi connectivity index (χ0) is 70.8.